The first-order valence-corrected chi connectivity index (χ1v) is 20.2. The third-order valence-corrected chi connectivity index (χ3v) is 11.7. The third-order valence-electron chi connectivity index (χ3n) is 11.7. The highest BCUT2D eigenvalue weighted by atomic mass is 16.3. The fraction of sp³-hybridized carbons (Fsp3) is 0. The van der Waals surface area contributed by atoms with Crippen LogP contribution in [-0.2, 0) is 0 Å². The van der Waals surface area contributed by atoms with Crippen LogP contribution in [0.3, 0.4) is 0 Å². The van der Waals surface area contributed by atoms with E-state index in [9.17, 15) is 0 Å². The third kappa shape index (κ3) is 5.52. The minimum atomic E-state index is 0.638. The van der Waals surface area contributed by atoms with Gasteiger partial charge in [-0.05, 0) is 46.5 Å². The Hall–Kier alpha value is -8.15. The first kappa shape index (κ1) is 33.9. The molecule has 0 aliphatic carbocycles. The summed E-state index contributed by atoms with van der Waals surface area (Å²) in [5, 5.41) is 6.93. The van der Waals surface area contributed by atoms with Crippen molar-refractivity contribution in [3.63, 3.8) is 0 Å². The summed E-state index contributed by atoms with van der Waals surface area (Å²) in [7, 11) is 0. The Morgan fingerprint density at radius 3 is 1.35 bits per heavy atom. The SMILES string of the molecule is c1ccc(-c2nc(-c3ccccc3)nc(-c3ccc(-c4ccc(-c5cccc6oc7c8ccccc8c(-n8c9ccccc9c9ccccc98)cc7c56)cc4)cc3)n2)cc1. The Kier molecular flexibility index (Phi) is 7.78. The van der Waals surface area contributed by atoms with Gasteiger partial charge in [0.15, 0.2) is 17.5 Å². The van der Waals surface area contributed by atoms with Crippen LogP contribution in [0.1, 0.15) is 0 Å². The molecule has 5 nitrogen and oxygen atoms in total. The van der Waals surface area contributed by atoms with Gasteiger partial charge in [-0.2, -0.15) is 0 Å². The summed E-state index contributed by atoms with van der Waals surface area (Å²) in [5.74, 6) is 1.94. The van der Waals surface area contributed by atoms with Crippen molar-refractivity contribution < 1.29 is 4.42 Å². The molecule has 0 amide bonds. The number of nitrogens with zero attached hydrogens (tertiary/aromatic N) is 4. The molecule has 3 heterocycles. The van der Waals surface area contributed by atoms with Crippen LogP contribution in [0.5, 0.6) is 0 Å². The minimum absolute atomic E-state index is 0.638. The van der Waals surface area contributed by atoms with E-state index in [-0.39, 0.29) is 0 Å². The van der Waals surface area contributed by atoms with Gasteiger partial charge >= 0.3 is 0 Å². The normalized spacial score (nSPS) is 11.7. The highest BCUT2D eigenvalue weighted by Crippen LogP contribution is 2.43. The molecule has 0 saturated heterocycles. The highest BCUT2D eigenvalue weighted by Gasteiger charge is 2.20. The molecule has 60 heavy (non-hydrogen) atoms. The van der Waals surface area contributed by atoms with E-state index in [1.807, 2.05) is 60.7 Å². The summed E-state index contributed by atoms with van der Waals surface area (Å²) < 4.78 is 9.17. The van der Waals surface area contributed by atoms with Gasteiger partial charge in [-0.25, -0.2) is 15.0 Å². The molecule has 0 unspecified atom stereocenters. The summed E-state index contributed by atoms with van der Waals surface area (Å²) in [5.41, 5.74) is 12.6. The van der Waals surface area contributed by atoms with Crippen LogP contribution in [0.4, 0.5) is 0 Å². The molecular weight excluding hydrogens is 733 g/mol. The van der Waals surface area contributed by atoms with Gasteiger partial charge in [0.2, 0.25) is 0 Å². The Bertz CT molecular complexity index is 3460. The lowest BCUT2D eigenvalue weighted by Crippen LogP contribution is -2.00. The van der Waals surface area contributed by atoms with E-state index < -0.39 is 0 Å². The maximum absolute atomic E-state index is 6.76. The number of para-hydroxylation sites is 2. The second-order valence-corrected chi connectivity index (χ2v) is 15.2. The summed E-state index contributed by atoms with van der Waals surface area (Å²) in [6.45, 7) is 0. The second kappa shape index (κ2) is 13.8. The van der Waals surface area contributed by atoms with Gasteiger partial charge < -0.3 is 8.98 Å². The molecule has 0 bridgehead atoms. The molecular formula is C55H34N4O. The zero-order valence-electron chi connectivity index (χ0n) is 32.3. The molecule has 0 aliphatic rings. The van der Waals surface area contributed by atoms with Crippen molar-refractivity contribution in [1.29, 1.82) is 0 Å². The van der Waals surface area contributed by atoms with E-state index in [1.54, 1.807) is 0 Å². The van der Waals surface area contributed by atoms with Crippen LogP contribution in [-0.4, -0.2) is 19.5 Å². The van der Waals surface area contributed by atoms with Gasteiger partial charge in [0.25, 0.3) is 0 Å². The lowest BCUT2D eigenvalue weighted by Gasteiger charge is -2.13. The molecule has 0 N–H and O–H groups in total. The molecule has 12 aromatic rings. The Morgan fingerprint density at radius 1 is 0.333 bits per heavy atom. The number of benzene rings is 9. The van der Waals surface area contributed by atoms with Crippen molar-refractivity contribution in [2.24, 2.45) is 0 Å². The molecule has 0 spiro atoms. The first-order valence-electron chi connectivity index (χ1n) is 20.2. The minimum Gasteiger partial charge on any atom is -0.455 e. The van der Waals surface area contributed by atoms with Crippen molar-refractivity contribution >= 4 is 54.5 Å². The molecule has 12 rings (SSSR count). The van der Waals surface area contributed by atoms with Gasteiger partial charge in [-0.15, -0.1) is 0 Å². The molecule has 0 atom stereocenters. The quantitative estimate of drug-likeness (QED) is 0.169. The summed E-state index contributed by atoms with van der Waals surface area (Å²) in [4.78, 5) is 14.7. The summed E-state index contributed by atoms with van der Waals surface area (Å²) >= 11 is 0. The zero-order valence-corrected chi connectivity index (χ0v) is 32.3. The predicted octanol–water partition coefficient (Wildman–Crippen LogP) is 14.4. The molecule has 0 fully saturated rings. The number of rotatable bonds is 6. The second-order valence-electron chi connectivity index (χ2n) is 15.2. The molecule has 0 saturated carbocycles. The first-order chi connectivity index (χ1) is 29.7. The largest absolute Gasteiger partial charge is 0.455 e. The number of furan rings is 1. The smallest absolute Gasteiger partial charge is 0.164 e. The van der Waals surface area contributed by atoms with E-state index in [2.05, 4.69) is 150 Å². The van der Waals surface area contributed by atoms with Gasteiger partial charge in [-0.1, -0.05) is 182 Å². The lowest BCUT2D eigenvalue weighted by atomic mass is 9.95. The average Bonchev–Trinajstić information content (AvgIpc) is 3.88. The van der Waals surface area contributed by atoms with Crippen LogP contribution < -0.4 is 0 Å². The monoisotopic (exact) mass is 766 g/mol. The predicted molar refractivity (Wildman–Crippen MR) is 246 cm³/mol. The number of hydrogen-bond donors (Lipinski definition) is 0. The Labute approximate surface area is 345 Å². The molecule has 5 heteroatoms. The number of fused-ring (bicyclic) bond motifs is 8. The van der Waals surface area contributed by atoms with Gasteiger partial charge in [0.05, 0.1) is 16.7 Å². The van der Waals surface area contributed by atoms with Crippen LogP contribution in [0.2, 0.25) is 0 Å². The van der Waals surface area contributed by atoms with Gasteiger partial charge in [0.1, 0.15) is 11.2 Å². The maximum atomic E-state index is 6.76. The fourth-order valence-corrected chi connectivity index (χ4v) is 8.83. The van der Waals surface area contributed by atoms with E-state index >= 15 is 0 Å². The van der Waals surface area contributed by atoms with Crippen molar-refractivity contribution in [2.75, 3.05) is 0 Å². The Morgan fingerprint density at radius 2 is 0.783 bits per heavy atom. The van der Waals surface area contributed by atoms with Crippen molar-refractivity contribution in [1.82, 2.24) is 19.5 Å². The van der Waals surface area contributed by atoms with E-state index in [4.69, 9.17) is 19.4 Å². The number of hydrogen-bond acceptors (Lipinski definition) is 4. The average molecular weight is 767 g/mol. The van der Waals surface area contributed by atoms with Crippen molar-refractivity contribution in [3.8, 4) is 62.1 Å². The fourth-order valence-electron chi connectivity index (χ4n) is 8.83. The summed E-state index contributed by atoms with van der Waals surface area (Å²) in [6, 6.07) is 72.2. The van der Waals surface area contributed by atoms with Crippen LogP contribution in [0, 0.1) is 0 Å². The summed E-state index contributed by atoms with van der Waals surface area (Å²) in [6.07, 6.45) is 0. The van der Waals surface area contributed by atoms with Crippen LogP contribution in [0.25, 0.3) is 117 Å². The highest BCUT2D eigenvalue weighted by molar-refractivity contribution is 6.22. The molecule has 0 aliphatic heterocycles. The van der Waals surface area contributed by atoms with E-state index in [1.165, 1.54) is 21.8 Å². The van der Waals surface area contributed by atoms with Crippen molar-refractivity contribution in [3.05, 3.63) is 206 Å². The Balaban J connectivity index is 0.941. The molecule has 9 aromatic carbocycles. The van der Waals surface area contributed by atoms with Crippen LogP contribution in [0.15, 0.2) is 211 Å². The zero-order chi connectivity index (χ0) is 39.6. The molecule has 0 radical (unpaired) electrons. The maximum Gasteiger partial charge on any atom is 0.164 e. The van der Waals surface area contributed by atoms with Gasteiger partial charge in [-0.3, -0.25) is 0 Å². The number of aromatic nitrogens is 4. The van der Waals surface area contributed by atoms with Crippen molar-refractivity contribution in [2.45, 2.75) is 0 Å². The molecule has 3 aromatic heterocycles. The van der Waals surface area contributed by atoms with E-state index in [0.717, 1.165) is 77.3 Å². The van der Waals surface area contributed by atoms with Crippen LogP contribution >= 0.6 is 0 Å². The lowest BCUT2D eigenvalue weighted by molar-refractivity contribution is 0.672. The van der Waals surface area contributed by atoms with Gasteiger partial charge in [0, 0.05) is 49.0 Å². The standard InChI is InChI=1S/C55H34N4O/c1-3-14-38(15-4-1)53-56-54(39-16-5-2-6-17-39)58-55(57-53)40-32-28-36(29-33-40)35-26-30-37(31-27-35)41-22-13-25-50-51(41)46-34-49(44-20-7-8-21-45(44)52(46)60-50)59-47-23-11-9-18-42(47)43-19-10-12-24-48(43)59/h1-34H. The van der Waals surface area contributed by atoms with E-state index in [0.29, 0.717) is 17.5 Å². The topological polar surface area (TPSA) is 56.7 Å². The molecule has 280 valence electrons.